The predicted molar refractivity (Wildman–Crippen MR) is 76.6 cm³/mol. The largest absolute Gasteiger partial charge is 0.351 e. The van der Waals surface area contributed by atoms with Gasteiger partial charge < -0.3 is 11.1 Å². The van der Waals surface area contributed by atoms with Gasteiger partial charge in [-0.1, -0.05) is 18.8 Å². The number of carbonyl (C=O) groups is 1. The number of hydrogen-bond donors (Lipinski definition) is 2. The molecule has 1 aromatic rings. The molecule has 0 aliphatic heterocycles. The highest BCUT2D eigenvalue weighted by atomic mass is 19.1. The number of rotatable bonds is 4. The number of carbonyl (C=O) groups excluding carboxylic acids is 1. The van der Waals surface area contributed by atoms with Crippen LogP contribution in [0.2, 0.25) is 0 Å². The average Bonchev–Trinajstić information content (AvgIpc) is 3.24. The van der Waals surface area contributed by atoms with Crippen LogP contribution in [0.4, 0.5) is 4.39 Å². The van der Waals surface area contributed by atoms with Gasteiger partial charge in [-0.3, -0.25) is 4.79 Å². The number of nitrogens with two attached hydrogens (primary N) is 1. The van der Waals surface area contributed by atoms with Crippen molar-refractivity contribution in [2.24, 2.45) is 11.1 Å². The van der Waals surface area contributed by atoms with Crippen LogP contribution >= 0.6 is 0 Å². The first-order valence-electron chi connectivity index (χ1n) is 6.87. The Morgan fingerprint density at radius 2 is 2.25 bits per heavy atom. The number of halogens is 1. The van der Waals surface area contributed by atoms with Gasteiger partial charge in [0.1, 0.15) is 5.82 Å². The minimum Gasteiger partial charge on any atom is -0.351 e. The Morgan fingerprint density at radius 3 is 2.80 bits per heavy atom. The summed E-state index contributed by atoms with van der Waals surface area (Å²) in [6, 6.07) is 4.32. The lowest BCUT2D eigenvalue weighted by molar-refractivity contribution is 0.0944. The summed E-state index contributed by atoms with van der Waals surface area (Å²) in [6.45, 7) is 2.98. The van der Waals surface area contributed by atoms with Crippen molar-refractivity contribution in [1.82, 2.24) is 5.32 Å². The second-order valence-electron chi connectivity index (χ2n) is 5.24. The molecule has 3 nitrogen and oxygen atoms in total. The van der Waals surface area contributed by atoms with Crippen LogP contribution in [-0.2, 0) is 0 Å². The second kappa shape index (κ2) is 6.06. The number of amides is 1. The van der Waals surface area contributed by atoms with Crippen molar-refractivity contribution in [1.29, 1.82) is 0 Å². The summed E-state index contributed by atoms with van der Waals surface area (Å²) in [7, 11) is 0. The maximum absolute atomic E-state index is 13.8. The highest BCUT2D eigenvalue weighted by molar-refractivity contribution is 5.94. The van der Waals surface area contributed by atoms with E-state index in [4.69, 9.17) is 5.73 Å². The van der Waals surface area contributed by atoms with Crippen LogP contribution in [0.25, 0.3) is 0 Å². The molecule has 0 unspecified atom stereocenters. The molecule has 1 aliphatic carbocycles. The van der Waals surface area contributed by atoms with Gasteiger partial charge >= 0.3 is 0 Å². The van der Waals surface area contributed by atoms with Crippen molar-refractivity contribution in [2.75, 3.05) is 13.1 Å². The molecule has 1 aromatic carbocycles. The quantitative estimate of drug-likeness (QED) is 0.826. The van der Waals surface area contributed by atoms with Crippen LogP contribution in [0.15, 0.2) is 18.2 Å². The van der Waals surface area contributed by atoms with Crippen LogP contribution in [-0.4, -0.2) is 19.0 Å². The number of nitrogens with one attached hydrogen (secondary N) is 1. The van der Waals surface area contributed by atoms with Crippen molar-refractivity contribution in [2.45, 2.75) is 26.2 Å². The molecule has 1 fully saturated rings. The van der Waals surface area contributed by atoms with Crippen LogP contribution in [0.1, 0.15) is 42.1 Å². The Balaban J connectivity index is 2.01. The maximum Gasteiger partial charge on any atom is 0.251 e. The fourth-order valence-electron chi connectivity index (χ4n) is 2.11. The summed E-state index contributed by atoms with van der Waals surface area (Å²) in [5.41, 5.74) is 6.11. The molecule has 4 heteroatoms. The first-order valence-corrected chi connectivity index (χ1v) is 6.87. The summed E-state index contributed by atoms with van der Waals surface area (Å²) >= 11 is 0. The molecule has 0 saturated heterocycles. The van der Waals surface area contributed by atoms with Gasteiger partial charge in [-0.15, -0.1) is 0 Å². The molecule has 0 aromatic heterocycles. The minimum atomic E-state index is -0.491. The van der Waals surface area contributed by atoms with Crippen molar-refractivity contribution in [3.63, 3.8) is 0 Å². The predicted octanol–water partition coefficient (Wildman–Crippen LogP) is 2.06. The fourth-order valence-corrected chi connectivity index (χ4v) is 2.11. The van der Waals surface area contributed by atoms with Gasteiger partial charge in [-0.25, -0.2) is 4.39 Å². The average molecular weight is 274 g/mol. The van der Waals surface area contributed by atoms with Gasteiger partial charge in [0.15, 0.2) is 0 Å². The molecule has 0 spiro atoms. The Bertz CT molecular complexity index is 568. The lowest BCUT2D eigenvalue weighted by Gasteiger charge is -2.13. The van der Waals surface area contributed by atoms with E-state index >= 15 is 0 Å². The first-order chi connectivity index (χ1) is 9.60. The minimum absolute atomic E-state index is 0.181. The molecular formula is C16H19FN2O. The second-order valence-corrected chi connectivity index (χ2v) is 5.24. The number of benzene rings is 1. The standard InChI is InChI=1S/C16H19FN2O/c1-2-16(7-8-16)11-19-15(20)13-6-5-12(4-3-9-18)14(17)10-13/h5-6,10H,2,7-9,11,18H2,1H3,(H,19,20). The molecule has 106 valence electrons. The van der Waals surface area contributed by atoms with E-state index in [0.717, 1.165) is 19.3 Å². The molecule has 0 bridgehead atoms. The van der Waals surface area contributed by atoms with Crippen LogP contribution in [0.3, 0.4) is 0 Å². The van der Waals surface area contributed by atoms with E-state index in [9.17, 15) is 9.18 Å². The van der Waals surface area contributed by atoms with Gasteiger partial charge in [0.2, 0.25) is 0 Å². The summed E-state index contributed by atoms with van der Waals surface area (Å²) in [4.78, 5) is 12.0. The summed E-state index contributed by atoms with van der Waals surface area (Å²) < 4.78 is 13.8. The van der Waals surface area contributed by atoms with Crippen molar-refractivity contribution < 1.29 is 9.18 Å². The van der Waals surface area contributed by atoms with Gasteiger partial charge in [0.25, 0.3) is 5.91 Å². The maximum atomic E-state index is 13.8. The van der Waals surface area contributed by atoms with Crippen molar-refractivity contribution in [3.05, 3.63) is 35.1 Å². The highest BCUT2D eigenvalue weighted by Crippen LogP contribution is 2.47. The molecule has 1 amide bonds. The Kier molecular flexibility index (Phi) is 4.41. The Morgan fingerprint density at radius 1 is 1.50 bits per heavy atom. The first kappa shape index (κ1) is 14.5. The lowest BCUT2D eigenvalue weighted by Crippen LogP contribution is -2.30. The lowest BCUT2D eigenvalue weighted by atomic mass is 10.0. The zero-order valence-electron chi connectivity index (χ0n) is 11.6. The van der Waals surface area contributed by atoms with E-state index in [1.54, 1.807) is 6.07 Å². The van der Waals surface area contributed by atoms with Crippen molar-refractivity contribution >= 4 is 5.91 Å². The van der Waals surface area contributed by atoms with Gasteiger partial charge in [0, 0.05) is 12.1 Å². The van der Waals surface area contributed by atoms with E-state index in [0.29, 0.717) is 12.1 Å². The van der Waals surface area contributed by atoms with E-state index in [2.05, 4.69) is 24.1 Å². The third-order valence-corrected chi connectivity index (χ3v) is 3.89. The summed E-state index contributed by atoms with van der Waals surface area (Å²) in [6.07, 6.45) is 3.38. The zero-order chi connectivity index (χ0) is 14.6. The fraction of sp³-hybridized carbons (Fsp3) is 0.438. The molecule has 2 rings (SSSR count). The molecule has 1 saturated carbocycles. The van der Waals surface area contributed by atoms with E-state index in [-0.39, 0.29) is 23.4 Å². The summed E-state index contributed by atoms with van der Waals surface area (Å²) in [5, 5.41) is 2.88. The number of hydrogen-bond acceptors (Lipinski definition) is 2. The third-order valence-electron chi connectivity index (χ3n) is 3.89. The van der Waals surface area contributed by atoms with Crippen LogP contribution in [0.5, 0.6) is 0 Å². The molecule has 0 heterocycles. The smallest absolute Gasteiger partial charge is 0.251 e. The highest BCUT2D eigenvalue weighted by Gasteiger charge is 2.40. The molecule has 3 N–H and O–H groups in total. The normalized spacial score (nSPS) is 15.2. The molecular weight excluding hydrogens is 255 g/mol. The monoisotopic (exact) mass is 274 g/mol. The molecule has 0 atom stereocenters. The molecule has 0 radical (unpaired) electrons. The van der Waals surface area contributed by atoms with E-state index in [1.165, 1.54) is 12.1 Å². The van der Waals surface area contributed by atoms with Gasteiger partial charge in [0.05, 0.1) is 12.1 Å². The summed E-state index contributed by atoms with van der Waals surface area (Å²) in [5.74, 6) is 4.50. The molecule has 20 heavy (non-hydrogen) atoms. The Hall–Kier alpha value is -1.86. The third kappa shape index (κ3) is 3.37. The Labute approximate surface area is 118 Å². The van der Waals surface area contributed by atoms with E-state index < -0.39 is 5.82 Å². The van der Waals surface area contributed by atoms with Crippen LogP contribution in [0, 0.1) is 23.1 Å². The van der Waals surface area contributed by atoms with Crippen LogP contribution < -0.4 is 11.1 Å². The van der Waals surface area contributed by atoms with Crippen molar-refractivity contribution in [3.8, 4) is 11.8 Å². The van der Waals surface area contributed by atoms with Gasteiger partial charge in [-0.2, -0.15) is 0 Å². The molecule has 1 aliphatic rings. The van der Waals surface area contributed by atoms with Gasteiger partial charge in [-0.05, 0) is 42.9 Å². The topological polar surface area (TPSA) is 55.1 Å². The SMILES string of the molecule is CCC1(CNC(=O)c2ccc(C#CCN)c(F)c2)CC1. The van der Waals surface area contributed by atoms with E-state index in [1.807, 2.05) is 0 Å². The zero-order valence-corrected chi connectivity index (χ0v) is 11.6.